The van der Waals surface area contributed by atoms with Gasteiger partial charge >= 0.3 is 6.03 Å². The average molecular weight is 283 g/mol. The quantitative estimate of drug-likeness (QED) is 0.680. The van der Waals surface area contributed by atoms with Crippen LogP contribution in [-0.4, -0.2) is 26.7 Å². The number of carbonyl (C=O) groups excluding carboxylic acids is 2. The molecule has 8 heteroatoms. The van der Waals surface area contributed by atoms with Crippen molar-refractivity contribution < 1.29 is 14.0 Å². The highest BCUT2D eigenvalue weighted by atomic mass is 16.3. The first-order valence-corrected chi connectivity index (χ1v) is 6.22. The Labute approximate surface area is 117 Å². The summed E-state index contributed by atoms with van der Waals surface area (Å²) in [6, 6.07) is 5.59. The van der Waals surface area contributed by atoms with E-state index in [0.717, 1.165) is 0 Å². The molecule has 1 atom stereocenters. The molecule has 1 aliphatic rings. The number of pyridine rings is 1. The van der Waals surface area contributed by atoms with Gasteiger partial charge in [-0.15, -0.1) is 0 Å². The van der Waals surface area contributed by atoms with Crippen molar-refractivity contribution in [1.82, 2.24) is 25.4 Å². The number of hydrogen-bond acceptors (Lipinski definition) is 5. The Kier molecular flexibility index (Phi) is 2.31. The monoisotopic (exact) mass is 283 g/mol. The van der Waals surface area contributed by atoms with Gasteiger partial charge in [0, 0.05) is 18.5 Å². The first kappa shape index (κ1) is 11.6. The molecule has 0 aromatic carbocycles. The summed E-state index contributed by atoms with van der Waals surface area (Å²) >= 11 is 0. The fraction of sp³-hybridized carbons (Fsp3) is 0.0769. The summed E-state index contributed by atoms with van der Waals surface area (Å²) in [4.78, 5) is 27.2. The normalized spacial score (nSPS) is 18.0. The van der Waals surface area contributed by atoms with Gasteiger partial charge in [-0.1, -0.05) is 0 Å². The van der Waals surface area contributed by atoms with E-state index in [-0.39, 0.29) is 0 Å². The van der Waals surface area contributed by atoms with Crippen LogP contribution in [0.3, 0.4) is 0 Å². The van der Waals surface area contributed by atoms with Gasteiger partial charge < -0.3 is 9.73 Å². The van der Waals surface area contributed by atoms with Crippen LogP contribution in [0.25, 0.3) is 16.9 Å². The molecule has 104 valence electrons. The van der Waals surface area contributed by atoms with Crippen LogP contribution in [0, 0.1) is 0 Å². The average Bonchev–Trinajstić information content (AvgIpc) is 3.16. The zero-order chi connectivity index (χ0) is 14.4. The number of aromatic nitrogens is 3. The lowest BCUT2D eigenvalue weighted by molar-refractivity contribution is -0.120. The van der Waals surface area contributed by atoms with Gasteiger partial charge in [0.05, 0.1) is 0 Å². The van der Waals surface area contributed by atoms with E-state index in [4.69, 9.17) is 4.42 Å². The lowest BCUT2D eigenvalue weighted by Gasteiger charge is -2.00. The predicted octanol–water partition coefficient (Wildman–Crippen LogP) is 0.894. The maximum Gasteiger partial charge on any atom is 0.322 e. The summed E-state index contributed by atoms with van der Waals surface area (Å²) in [6.07, 6.45) is 3.44. The highest BCUT2D eigenvalue weighted by Crippen LogP contribution is 2.25. The van der Waals surface area contributed by atoms with Crippen molar-refractivity contribution in [3.63, 3.8) is 0 Å². The van der Waals surface area contributed by atoms with E-state index in [9.17, 15) is 9.59 Å². The molecular weight excluding hydrogens is 274 g/mol. The van der Waals surface area contributed by atoms with E-state index in [1.165, 1.54) is 0 Å². The Hall–Kier alpha value is -3.16. The molecule has 0 radical (unpaired) electrons. The molecule has 3 amide bonds. The van der Waals surface area contributed by atoms with Crippen molar-refractivity contribution in [3.05, 3.63) is 42.4 Å². The second-order valence-electron chi connectivity index (χ2n) is 4.55. The molecular formula is C13H9N5O3. The number of fused-ring (bicyclic) bond motifs is 1. The van der Waals surface area contributed by atoms with Crippen LogP contribution < -0.4 is 10.6 Å². The van der Waals surface area contributed by atoms with E-state index < -0.39 is 18.0 Å². The number of nitrogens with zero attached hydrogens (tertiary/aromatic N) is 3. The van der Waals surface area contributed by atoms with Crippen molar-refractivity contribution in [3.8, 4) is 5.82 Å². The molecule has 4 heterocycles. The molecule has 1 unspecified atom stereocenters. The van der Waals surface area contributed by atoms with Crippen molar-refractivity contribution in [1.29, 1.82) is 0 Å². The van der Waals surface area contributed by atoms with Crippen LogP contribution in [-0.2, 0) is 4.79 Å². The molecule has 0 spiro atoms. The Morgan fingerprint density at radius 1 is 1.29 bits per heavy atom. The van der Waals surface area contributed by atoms with Crippen LogP contribution in [0.1, 0.15) is 11.8 Å². The number of imide groups is 1. The lowest BCUT2D eigenvalue weighted by Crippen LogP contribution is -2.22. The number of amides is 3. The Balaban J connectivity index is 1.76. The van der Waals surface area contributed by atoms with Crippen LogP contribution in [0.5, 0.6) is 0 Å². The SMILES string of the molecule is O=C1NC(=O)C(c2cc3nc(-n4cccn4)ccc3o2)N1. The standard InChI is InChI=1S/C13H9N5O3/c19-12-11(16-13(20)17-12)9-6-7-8(21-9)2-3-10(15-7)18-5-1-4-14-18/h1-6,11H,(H2,16,17,19,20). The lowest BCUT2D eigenvalue weighted by atomic mass is 10.2. The van der Waals surface area contributed by atoms with Crippen molar-refractivity contribution in [2.24, 2.45) is 0 Å². The molecule has 1 aliphatic heterocycles. The second-order valence-corrected chi connectivity index (χ2v) is 4.55. The summed E-state index contributed by atoms with van der Waals surface area (Å²) in [5.74, 6) is 0.546. The molecule has 3 aromatic rings. The highest BCUT2D eigenvalue weighted by Gasteiger charge is 2.33. The minimum atomic E-state index is -0.820. The number of carbonyl (C=O) groups is 2. The third kappa shape index (κ3) is 1.84. The summed E-state index contributed by atoms with van der Waals surface area (Å²) in [5, 5.41) is 8.75. The maximum atomic E-state index is 11.6. The second kappa shape index (κ2) is 4.17. The maximum absolute atomic E-state index is 11.6. The number of rotatable bonds is 2. The highest BCUT2D eigenvalue weighted by molar-refractivity contribution is 6.04. The minimum absolute atomic E-state index is 0.346. The van der Waals surface area contributed by atoms with Gasteiger partial charge in [0.2, 0.25) is 0 Å². The van der Waals surface area contributed by atoms with Crippen LogP contribution in [0.15, 0.2) is 41.1 Å². The van der Waals surface area contributed by atoms with Gasteiger partial charge in [-0.2, -0.15) is 5.10 Å². The minimum Gasteiger partial charge on any atom is -0.457 e. The Morgan fingerprint density at radius 2 is 2.19 bits per heavy atom. The van der Waals surface area contributed by atoms with E-state index in [1.807, 2.05) is 0 Å². The van der Waals surface area contributed by atoms with E-state index >= 15 is 0 Å². The molecule has 1 fully saturated rings. The van der Waals surface area contributed by atoms with Crippen molar-refractivity contribution in [2.45, 2.75) is 6.04 Å². The van der Waals surface area contributed by atoms with Crippen LogP contribution in [0.2, 0.25) is 0 Å². The first-order valence-electron chi connectivity index (χ1n) is 6.22. The molecule has 8 nitrogen and oxygen atoms in total. The summed E-state index contributed by atoms with van der Waals surface area (Å²) in [7, 11) is 0. The number of furan rings is 1. The van der Waals surface area contributed by atoms with Gasteiger partial charge in [-0.25, -0.2) is 14.5 Å². The molecule has 0 bridgehead atoms. The third-order valence-electron chi connectivity index (χ3n) is 3.18. The predicted molar refractivity (Wildman–Crippen MR) is 70.5 cm³/mol. The van der Waals surface area contributed by atoms with Gasteiger partial charge in [-0.3, -0.25) is 10.1 Å². The van der Waals surface area contributed by atoms with Gasteiger partial charge in [0.25, 0.3) is 5.91 Å². The van der Waals surface area contributed by atoms with Gasteiger partial charge in [0.1, 0.15) is 11.3 Å². The summed E-state index contributed by atoms with van der Waals surface area (Å²) in [6.45, 7) is 0. The van der Waals surface area contributed by atoms with E-state index in [1.54, 1.807) is 41.3 Å². The van der Waals surface area contributed by atoms with E-state index in [2.05, 4.69) is 20.7 Å². The van der Waals surface area contributed by atoms with Crippen molar-refractivity contribution >= 4 is 23.0 Å². The number of nitrogens with one attached hydrogen (secondary N) is 2. The fourth-order valence-electron chi connectivity index (χ4n) is 2.22. The molecule has 2 N–H and O–H groups in total. The van der Waals surface area contributed by atoms with Gasteiger partial charge in [0.15, 0.2) is 17.4 Å². The summed E-state index contributed by atoms with van der Waals surface area (Å²) < 4.78 is 7.20. The third-order valence-corrected chi connectivity index (χ3v) is 3.18. The van der Waals surface area contributed by atoms with Gasteiger partial charge in [-0.05, 0) is 18.2 Å². The molecule has 0 saturated carbocycles. The number of urea groups is 1. The first-order chi connectivity index (χ1) is 10.2. The zero-order valence-corrected chi connectivity index (χ0v) is 10.6. The Morgan fingerprint density at radius 3 is 2.90 bits per heavy atom. The van der Waals surface area contributed by atoms with E-state index in [0.29, 0.717) is 22.7 Å². The summed E-state index contributed by atoms with van der Waals surface area (Å²) in [5.41, 5.74) is 1.13. The molecule has 21 heavy (non-hydrogen) atoms. The van der Waals surface area contributed by atoms with Crippen LogP contribution in [0.4, 0.5) is 4.79 Å². The molecule has 1 saturated heterocycles. The molecule has 3 aromatic heterocycles. The Bertz CT molecular complexity index is 852. The topological polar surface area (TPSA) is 102 Å². The smallest absolute Gasteiger partial charge is 0.322 e. The van der Waals surface area contributed by atoms with Crippen LogP contribution >= 0.6 is 0 Å². The number of hydrogen-bond donors (Lipinski definition) is 2. The van der Waals surface area contributed by atoms with Crippen molar-refractivity contribution in [2.75, 3.05) is 0 Å². The zero-order valence-electron chi connectivity index (χ0n) is 10.6. The largest absolute Gasteiger partial charge is 0.457 e. The molecule has 0 aliphatic carbocycles. The fourth-order valence-corrected chi connectivity index (χ4v) is 2.22. The molecule has 4 rings (SSSR count).